The molecule has 3 atom stereocenters. The van der Waals surface area contributed by atoms with Gasteiger partial charge < -0.3 is 9.47 Å². The van der Waals surface area contributed by atoms with Gasteiger partial charge in [0.15, 0.2) is 0 Å². The minimum Gasteiger partial charge on any atom is -0.485 e. The molecule has 140 valence electrons. The van der Waals surface area contributed by atoms with Crippen LogP contribution in [0.25, 0.3) is 0 Å². The molecule has 3 nitrogen and oxygen atoms in total. The third kappa shape index (κ3) is 3.32. The lowest BCUT2D eigenvalue weighted by atomic mass is 9.58. The Labute approximate surface area is 157 Å². The molecule has 0 unspecified atom stereocenters. The van der Waals surface area contributed by atoms with E-state index in [-0.39, 0.29) is 17.0 Å². The van der Waals surface area contributed by atoms with Crippen molar-refractivity contribution < 1.29 is 14.3 Å². The zero-order valence-corrected chi connectivity index (χ0v) is 16.6. The minimum atomic E-state index is -0.292. The second-order valence-electron chi connectivity index (χ2n) is 8.35. The van der Waals surface area contributed by atoms with Crippen molar-refractivity contribution in [3.8, 4) is 11.5 Å². The maximum absolute atomic E-state index is 11.3. The van der Waals surface area contributed by atoms with E-state index in [0.717, 1.165) is 24.2 Å². The molecule has 1 spiro atoms. The Morgan fingerprint density at radius 2 is 2.08 bits per heavy atom. The van der Waals surface area contributed by atoms with Crippen LogP contribution in [0.4, 0.5) is 0 Å². The summed E-state index contributed by atoms with van der Waals surface area (Å²) >= 11 is 0. The Hall–Kier alpha value is -2.03. The molecule has 1 fully saturated rings. The van der Waals surface area contributed by atoms with Crippen molar-refractivity contribution >= 4 is 5.97 Å². The van der Waals surface area contributed by atoms with Crippen LogP contribution in [0.1, 0.15) is 59.4 Å². The topological polar surface area (TPSA) is 35.5 Å². The zero-order chi connectivity index (χ0) is 18.9. The van der Waals surface area contributed by atoms with Crippen LogP contribution in [0.3, 0.4) is 0 Å². The van der Waals surface area contributed by atoms with E-state index in [9.17, 15) is 4.79 Å². The van der Waals surface area contributed by atoms with Crippen LogP contribution < -0.4 is 9.47 Å². The lowest BCUT2D eigenvalue weighted by Crippen LogP contribution is -2.56. The number of hydrogen-bond donors (Lipinski definition) is 0. The monoisotopic (exact) mass is 354 g/mol. The molecule has 0 radical (unpaired) electrons. The molecular formula is C23H30O3. The number of fused-ring (bicyclic) bond motifs is 1. The highest BCUT2D eigenvalue weighted by atomic mass is 16.5. The maximum atomic E-state index is 11.3. The van der Waals surface area contributed by atoms with Gasteiger partial charge in [0.2, 0.25) is 0 Å². The van der Waals surface area contributed by atoms with Crippen molar-refractivity contribution in [2.45, 2.75) is 65.9 Å². The molecule has 1 heterocycles. The van der Waals surface area contributed by atoms with Gasteiger partial charge in [-0.1, -0.05) is 44.1 Å². The fraction of sp³-hybridized carbons (Fsp3) is 0.522. The average Bonchev–Trinajstić information content (AvgIpc) is 2.92. The first-order valence-corrected chi connectivity index (χ1v) is 9.59. The molecule has 1 aliphatic carbocycles. The van der Waals surface area contributed by atoms with E-state index in [2.05, 4.69) is 45.9 Å². The van der Waals surface area contributed by atoms with Crippen LogP contribution >= 0.6 is 0 Å². The molecule has 1 aromatic carbocycles. The number of carbonyl (C=O) groups is 1. The van der Waals surface area contributed by atoms with Gasteiger partial charge in [-0.2, -0.15) is 0 Å². The molecule has 0 N–H and O–H groups in total. The second-order valence-corrected chi connectivity index (χ2v) is 8.35. The summed E-state index contributed by atoms with van der Waals surface area (Å²) in [5.74, 6) is 1.69. The van der Waals surface area contributed by atoms with Crippen molar-refractivity contribution in [2.24, 2.45) is 11.3 Å². The van der Waals surface area contributed by atoms with Gasteiger partial charge in [-0.25, -0.2) is 0 Å². The van der Waals surface area contributed by atoms with Gasteiger partial charge in [-0.15, -0.1) is 0 Å². The normalized spacial score (nSPS) is 30.1. The average molecular weight is 354 g/mol. The smallest absolute Gasteiger partial charge is 0.308 e. The molecule has 3 rings (SSSR count). The van der Waals surface area contributed by atoms with Gasteiger partial charge >= 0.3 is 5.97 Å². The maximum Gasteiger partial charge on any atom is 0.308 e. The molecule has 0 saturated heterocycles. The first kappa shape index (κ1) is 18.8. The Morgan fingerprint density at radius 1 is 1.31 bits per heavy atom. The molecule has 0 aromatic heterocycles. The third-order valence-corrected chi connectivity index (χ3v) is 6.03. The first-order valence-electron chi connectivity index (χ1n) is 9.59. The Bertz CT molecular complexity index is 757. The lowest BCUT2D eigenvalue weighted by molar-refractivity contribution is -0.131. The Balaban J connectivity index is 1.96. The Kier molecular flexibility index (Phi) is 5.01. The predicted molar refractivity (Wildman–Crippen MR) is 105 cm³/mol. The van der Waals surface area contributed by atoms with Gasteiger partial charge in [0.05, 0.1) is 0 Å². The van der Waals surface area contributed by atoms with E-state index in [4.69, 9.17) is 9.47 Å². The quantitative estimate of drug-likeness (QED) is 0.401. The fourth-order valence-electron chi connectivity index (χ4n) is 4.59. The highest BCUT2D eigenvalue weighted by Gasteiger charge is 2.57. The van der Waals surface area contributed by atoms with E-state index in [0.29, 0.717) is 11.7 Å². The van der Waals surface area contributed by atoms with Crippen LogP contribution in [-0.2, 0) is 11.2 Å². The minimum absolute atomic E-state index is 0.0305. The number of esters is 1. The Morgan fingerprint density at radius 3 is 2.77 bits per heavy atom. The number of ether oxygens (including phenoxy) is 2. The standard InChI is InChI=1S/C23H30O3/c1-16(2)8-6-12-22(5)13-7-9-17(3)23(22)15-19-14-20(25-18(4)24)10-11-21(19)26-23/h6,8,10-12,14,17H,7,9,13,15H2,1-5H3/b12-6+/t17-,22+,23+/m1/s1. The fourth-order valence-corrected chi connectivity index (χ4v) is 4.59. The molecule has 0 amide bonds. The summed E-state index contributed by atoms with van der Waals surface area (Å²) < 4.78 is 11.9. The molecule has 1 aromatic rings. The number of benzene rings is 1. The summed E-state index contributed by atoms with van der Waals surface area (Å²) in [4.78, 5) is 11.3. The van der Waals surface area contributed by atoms with Gasteiger partial charge in [0.25, 0.3) is 0 Å². The molecule has 3 heteroatoms. The van der Waals surface area contributed by atoms with Crippen LogP contribution in [0.2, 0.25) is 0 Å². The van der Waals surface area contributed by atoms with Gasteiger partial charge in [-0.3, -0.25) is 4.79 Å². The van der Waals surface area contributed by atoms with Crippen LogP contribution in [0, 0.1) is 11.3 Å². The van der Waals surface area contributed by atoms with Crippen molar-refractivity contribution in [2.75, 3.05) is 0 Å². The van der Waals surface area contributed by atoms with Crippen molar-refractivity contribution in [1.29, 1.82) is 0 Å². The third-order valence-electron chi connectivity index (χ3n) is 6.03. The second kappa shape index (κ2) is 6.94. The summed E-state index contributed by atoms with van der Waals surface area (Å²) in [5.41, 5.74) is 2.16. The van der Waals surface area contributed by atoms with E-state index in [1.165, 1.54) is 25.3 Å². The van der Waals surface area contributed by atoms with Crippen molar-refractivity contribution in [1.82, 2.24) is 0 Å². The summed E-state index contributed by atoms with van der Waals surface area (Å²) in [6.07, 6.45) is 11.1. The van der Waals surface area contributed by atoms with Crippen molar-refractivity contribution in [3.05, 3.63) is 47.6 Å². The number of hydrogen-bond acceptors (Lipinski definition) is 3. The zero-order valence-electron chi connectivity index (χ0n) is 16.6. The van der Waals surface area contributed by atoms with E-state index >= 15 is 0 Å². The molecule has 1 saturated carbocycles. The predicted octanol–water partition coefficient (Wildman–Crippen LogP) is 5.63. The molecule has 2 aliphatic rings. The summed E-state index contributed by atoms with van der Waals surface area (Å²) in [5, 5.41) is 0. The number of rotatable bonds is 3. The first-order chi connectivity index (χ1) is 12.3. The van der Waals surface area contributed by atoms with Gasteiger partial charge in [0, 0.05) is 24.3 Å². The molecule has 0 bridgehead atoms. The van der Waals surface area contributed by atoms with Crippen LogP contribution in [0.15, 0.2) is 42.0 Å². The summed E-state index contributed by atoms with van der Waals surface area (Å²) in [6.45, 7) is 10.3. The molecule has 1 aliphatic heterocycles. The van der Waals surface area contributed by atoms with Crippen LogP contribution in [0.5, 0.6) is 11.5 Å². The van der Waals surface area contributed by atoms with E-state index < -0.39 is 0 Å². The number of carbonyl (C=O) groups excluding carboxylic acids is 1. The number of allylic oxidation sites excluding steroid dienone is 3. The molecular weight excluding hydrogens is 324 g/mol. The highest BCUT2D eigenvalue weighted by Crippen LogP contribution is 2.56. The van der Waals surface area contributed by atoms with E-state index in [1.54, 1.807) is 0 Å². The van der Waals surface area contributed by atoms with Gasteiger partial charge in [-0.05, 0) is 50.8 Å². The van der Waals surface area contributed by atoms with E-state index in [1.807, 2.05) is 18.2 Å². The lowest BCUT2D eigenvalue weighted by Gasteiger charge is -2.51. The summed E-state index contributed by atoms with van der Waals surface area (Å²) in [6, 6.07) is 5.74. The van der Waals surface area contributed by atoms with Gasteiger partial charge in [0.1, 0.15) is 17.1 Å². The molecule has 26 heavy (non-hydrogen) atoms. The summed E-state index contributed by atoms with van der Waals surface area (Å²) in [7, 11) is 0. The largest absolute Gasteiger partial charge is 0.485 e. The van der Waals surface area contributed by atoms with Crippen LogP contribution in [-0.4, -0.2) is 11.6 Å². The van der Waals surface area contributed by atoms with Crippen molar-refractivity contribution in [3.63, 3.8) is 0 Å². The highest BCUT2D eigenvalue weighted by molar-refractivity contribution is 5.69. The SMILES string of the molecule is CC(=O)Oc1ccc2c(c1)C[C@]1(O2)[C@H](C)CCC[C@]1(C)/C=C/C=C(C)C.